The number of carbonyl (C=O) groups is 1. The second kappa shape index (κ2) is 5.38. The summed E-state index contributed by atoms with van der Waals surface area (Å²) in [6, 6.07) is -0.305. The van der Waals surface area contributed by atoms with Gasteiger partial charge in [-0.05, 0) is 0 Å². The monoisotopic (exact) mass is 242 g/mol. The van der Waals surface area contributed by atoms with Gasteiger partial charge < -0.3 is 9.47 Å². The van der Waals surface area contributed by atoms with Gasteiger partial charge in [0.05, 0.1) is 31.5 Å². The fourth-order valence-corrected chi connectivity index (χ4v) is 2.25. The summed E-state index contributed by atoms with van der Waals surface area (Å²) in [6.45, 7) is 2.46. The highest BCUT2D eigenvalue weighted by Crippen LogP contribution is 2.13. The molecule has 2 heterocycles. The first-order valence-electron chi connectivity index (χ1n) is 5.08. The van der Waals surface area contributed by atoms with E-state index in [2.05, 4.69) is 4.98 Å². The Morgan fingerprint density at radius 1 is 1.81 bits per heavy atom. The van der Waals surface area contributed by atoms with E-state index in [1.807, 2.05) is 10.3 Å². The molecule has 0 radical (unpaired) electrons. The third kappa shape index (κ3) is 2.58. The largest absolute Gasteiger partial charge is 0.468 e. The molecule has 2 rings (SSSR count). The van der Waals surface area contributed by atoms with Crippen LogP contribution in [0.15, 0.2) is 10.9 Å². The topological polar surface area (TPSA) is 51.7 Å². The van der Waals surface area contributed by atoms with Crippen molar-refractivity contribution in [3.8, 4) is 0 Å². The zero-order chi connectivity index (χ0) is 11.4. The number of hydrogen-bond acceptors (Lipinski definition) is 6. The molecule has 1 aromatic rings. The van der Waals surface area contributed by atoms with Crippen LogP contribution in [0, 0.1) is 0 Å². The molecule has 1 aliphatic heterocycles. The fraction of sp³-hybridized carbons (Fsp3) is 0.600. The van der Waals surface area contributed by atoms with Crippen molar-refractivity contribution in [1.29, 1.82) is 0 Å². The molecule has 1 unspecified atom stereocenters. The van der Waals surface area contributed by atoms with Crippen LogP contribution >= 0.6 is 11.3 Å². The maximum atomic E-state index is 11.5. The van der Waals surface area contributed by atoms with Gasteiger partial charge in [-0.15, -0.1) is 11.3 Å². The van der Waals surface area contributed by atoms with E-state index in [1.54, 1.807) is 16.8 Å². The molecule has 16 heavy (non-hydrogen) atoms. The molecule has 1 atom stereocenters. The molecule has 1 saturated heterocycles. The highest BCUT2D eigenvalue weighted by molar-refractivity contribution is 7.07. The van der Waals surface area contributed by atoms with Crippen LogP contribution in [0.1, 0.15) is 5.69 Å². The Labute approximate surface area is 98.0 Å². The lowest BCUT2D eigenvalue weighted by atomic mass is 10.2. The molecule has 0 aliphatic carbocycles. The summed E-state index contributed by atoms with van der Waals surface area (Å²) in [4.78, 5) is 17.8. The van der Waals surface area contributed by atoms with Crippen molar-refractivity contribution >= 4 is 17.3 Å². The number of aromatic nitrogens is 1. The molecule has 5 nitrogen and oxygen atoms in total. The van der Waals surface area contributed by atoms with E-state index in [4.69, 9.17) is 9.47 Å². The second-order valence-electron chi connectivity index (χ2n) is 3.56. The van der Waals surface area contributed by atoms with Crippen molar-refractivity contribution in [2.24, 2.45) is 0 Å². The molecular weight excluding hydrogens is 228 g/mol. The number of morpholine rings is 1. The van der Waals surface area contributed by atoms with E-state index in [9.17, 15) is 4.79 Å². The van der Waals surface area contributed by atoms with Gasteiger partial charge in [0.25, 0.3) is 0 Å². The zero-order valence-electron chi connectivity index (χ0n) is 9.09. The van der Waals surface area contributed by atoms with E-state index in [0.29, 0.717) is 19.8 Å². The van der Waals surface area contributed by atoms with Crippen LogP contribution in [0.25, 0.3) is 0 Å². The number of thiazole rings is 1. The van der Waals surface area contributed by atoms with Crippen LogP contribution < -0.4 is 0 Å². The molecule has 1 aliphatic rings. The third-order valence-electron chi connectivity index (χ3n) is 2.56. The van der Waals surface area contributed by atoms with Crippen molar-refractivity contribution in [3.63, 3.8) is 0 Å². The average molecular weight is 242 g/mol. The van der Waals surface area contributed by atoms with Crippen LogP contribution in [0.4, 0.5) is 0 Å². The summed E-state index contributed by atoms with van der Waals surface area (Å²) < 4.78 is 10.1. The molecule has 0 N–H and O–H groups in total. The summed E-state index contributed by atoms with van der Waals surface area (Å²) in [5, 5.41) is 1.99. The van der Waals surface area contributed by atoms with Gasteiger partial charge in [0.2, 0.25) is 0 Å². The fourth-order valence-electron chi connectivity index (χ4n) is 1.70. The molecule has 0 aromatic carbocycles. The van der Waals surface area contributed by atoms with Gasteiger partial charge in [-0.2, -0.15) is 0 Å². The van der Waals surface area contributed by atoms with E-state index in [-0.39, 0.29) is 12.0 Å². The lowest BCUT2D eigenvalue weighted by molar-refractivity contribution is -0.153. The SMILES string of the molecule is COC(=O)C1COCCN1Cc1cscn1. The van der Waals surface area contributed by atoms with Gasteiger partial charge in [0.1, 0.15) is 6.04 Å². The standard InChI is InChI=1S/C10H14N2O3S/c1-14-10(13)9-5-15-3-2-12(9)4-8-6-16-7-11-8/h6-7,9H,2-5H2,1H3. The number of carbonyl (C=O) groups excluding carboxylic acids is 1. The highest BCUT2D eigenvalue weighted by Gasteiger charge is 2.30. The van der Waals surface area contributed by atoms with Crippen LogP contribution in [-0.2, 0) is 20.8 Å². The zero-order valence-corrected chi connectivity index (χ0v) is 9.90. The first-order valence-corrected chi connectivity index (χ1v) is 6.02. The Balaban J connectivity index is 2.02. The Bertz CT molecular complexity index is 342. The Morgan fingerprint density at radius 2 is 2.69 bits per heavy atom. The maximum absolute atomic E-state index is 11.5. The van der Waals surface area contributed by atoms with Crippen LogP contribution in [0.5, 0.6) is 0 Å². The Kier molecular flexibility index (Phi) is 3.87. The molecular formula is C10H14N2O3S. The molecule has 0 saturated carbocycles. The first-order chi connectivity index (χ1) is 7.81. The lowest BCUT2D eigenvalue weighted by Crippen LogP contribution is -2.49. The maximum Gasteiger partial charge on any atom is 0.325 e. The van der Waals surface area contributed by atoms with E-state index in [1.165, 1.54) is 7.11 Å². The number of esters is 1. The van der Waals surface area contributed by atoms with Crippen molar-refractivity contribution in [3.05, 3.63) is 16.6 Å². The molecule has 0 spiro atoms. The highest BCUT2D eigenvalue weighted by atomic mass is 32.1. The summed E-state index contributed by atoms with van der Waals surface area (Å²) in [6.07, 6.45) is 0. The summed E-state index contributed by atoms with van der Waals surface area (Å²) in [7, 11) is 1.40. The van der Waals surface area contributed by atoms with Crippen LogP contribution in [-0.4, -0.2) is 48.8 Å². The summed E-state index contributed by atoms with van der Waals surface area (Å²) in [5.41, 5.74) is 2.78. The summed E-state index contributed by atoms with van der Waals surface area (Å²) in [5.74, 6) is -0.241. The number of nitrogens with zero attached hydrogens (tertiary/aromatic N) is 2. The third-order valence-corrected chi connectivity index (χ3v) is 3.20. The predicted molar refractivity (Wildman–Crippen MR) is 59.1 cm³/mol. The molecule has 1 fully saturated rings. The van der Waals surface area contributed by atoms with Crippen molar-refractivity contribution in [1.82, 2.24) is 9.88 Å². The van der Waals surface area contributed by atoms with E-state index in [0.717, 1.165) is 12.2 Å². The van der Waals surface area contributed by atoms with Crippen LogP contribution in [0.3, 0.4) is 0 Å². The average Bonchev–Trinajstić information content (AvgIpc) is 2.82. The minimum atomic E-state index is -0.305. The van der Waals surface area contributed by atoms with E-state index < -0.39 is 0 Å². The summed E-state index contributed by atoms with van der Waals surface area (Å²) >= 11 is 1.56. The second-order valence-corrected chi connectivity index (χ2v) is 4.28. The molecule has 0 amide bonds. The van der Waals surface area contributed by atoms with Gasteiger partial charge in [0.15, 0.2) is 0 Å². The van der Waals surface area contributed by atoms with Gasteiger partial charge in [-0.25, -0.2) is 4.98 Å². The normalized spacial score (nSPS) is 21.9. The van der Waals surface area contributed by atoms with Crippen molar-refractivity contribution < 1.29 is 14.3 Å². The number of rotatable bonds is 3. The predicted octanol–water partition coefficient (Wildman–Crippen LogP) is 0.517. The minimum Gasteiger partial charge on any atom is -0.468 e. The molecule has 1 aromatic heterocycles. The number of methoxy groups -OCH3 is 1. The number of hydrogen-bond donors (Lipinski definition) is 0. The van der Waals surface area contributed by atoms with Gasteiger partial charge in [0, 0.05) is 18.5 Å². The van der Waals surface area contributed by atoms with Gasteiger partial charge >= 0.3 is 5.97 Å². The van der Waals surface area contributed by atoms with Crippen molar-refractivity contribution in [2.45, 2.75) is 12.6 Å². The number of ether oxygens (including phenoxy) is 2. The molecule has 0 bridgehead atoms. The van der Waals surface area contributed by atoms with Crippen LogP contribution in [0.2, 0.25) is 0 Å². The Hall–Kier alpha value is -0.980. The molecule has 88 valence electrons. The Morgan fingerprint density at radius 3 is 3.38 bits per heavy atom. The lowest BCUT2D eigenvalue weighted by Gasteiger charge is -2.32. The first kappa shape index (κ1) is 11.5. The quantitative estimate of drug-likeness (QED) is 0.723. The molecule has 6 heteroatoms. The van der Waals surface area contributed by atoms with Gasteiger partial charge in [-0.3, -0.25) is 9.69 Å². The smallest absolute Gasteiger partial charge is 0.325 e. The van der Waals surface area contributed by atoms with Crippen molar-refractivity contribution in [2.75, 3.05) is 26.9 Å². The minimum absolute atomic E-state index is 0.241. The van der Waals surface area contributed by atoms with E-state index >= 15 is 0 Å². The van der Waals surface area contributed by atoms with Gasteiger partial charge in [-0.1, -0.05) is 0 Å².